The highest BCUT2D eigenvalue weighted by atomic mass is 32.1. The Labute approximate surface area is 124 Å². The Hall–Kier alpha value is -2.41. The number of methoxy groups -OCH3 is 1. The average Bonchev–Trinajstić information content (AvgIpc) is 2.85. The van der Waals surface area contributed by atoms with Crippen molar-refractivity contribution in [1.82, 2.24) is 0 Å². The van der Waals surface area contributed by atoms with E-state index in [0.29, 0.717) is 5.39 Å². The first-order chi connectivity index (χ1) is 10.1. The van der Waals surface area contributed by atoms with Gasteiger partial charge in [-0.3, -0.25) is 4.79 Å². The number of esters is 2. The van der Waals surface area contributed by atoms with Crippen molar-refractivity contribution in [2.45, 2.75) is 6.92 Å². The van der Waals surface area contributed by atoms with E-state index >= 15 is 0 Å². The minimum atomic E-state index is -0.997. The Morgan fingerprint density at radius 1 is 1.24 bits per heavy atom. The summed E-state index contributed by atoms with van der Waals surface area (Å²) in [4.78, 5) is 35.2. The SMILES string of the molecule is CCOC(=O)C(=O)Nc1c(C(=O)OC)sc2ccccc12. The van der Waals surface area contributed by atoms with E-state index in [2.05, 4.69) is 10.1 Å². The van der Waals surface area contributed by atoms with Crippen LogP contribution in [-0.2, 0) is 19.1 Å². The van der Waals surface area contributed by atoms with Crippen LogP contribution in [0.5, 0.6) is 0 Å². The van der Waals surface area contributed by atoms with E-state index in [4.69, 9.17) is 4.74 Å². The molecule has 1 heterocycles. The Kier molecular flexibility index (Phi) is 4.54. The highest BCUT2D eigenvalue weighted by molar-refractivity contribution is 7.21. The molecule has 0 saturated carbocycles. The van der Waals surface area contributed by atoms with Crippen LogP contribution in [-0.4, -0.2) is 31.6 Å². The molecule has 1 aromatic heterocycles. The summed E-state index contributed by atoms with van der Waals surface area (Å²) in [6.45, 7) is 1.70. The van der Waals surface area contributed by atoms with E-state index in [1.54, 1.807) is 19.1 Å². The van der Waals surface area contributed by atoms with Gasteiger partial charge in [0.2, 0.25) is 0 Å². The quantitative estimate of drug-likeness (QED) is 0.694. The summed E-state index contributed by atoms with van der Waals surface area (Å²) < 4.78 is 10.1. The molecule has 2 rings (SSSR count). The largest absolute Gasteiger partial charge is 0.465 e. The number of amides is 1. The van der Waals surface area contributed by atoms with Crippen LogP contribution in [0.2, 0.25) is 0 Å². The molecule has 0 aliphatic carbocycles. The van der Waals surface area contributed by atoms with Crippen molar-refractivity contribution in [2.24, 2.45) is 0 Å². The predicted octanol–water partition coefficient (Wildman–Crippen LogP) is 2.19. The van der Waals surface area contributed by atoms with E-state index in [0.717, 1.165) is 4.70 Å². The number of fused-ring (bicyclic) bond motifs is 1. The third-order valence-electron chi connectivity index (χ3n) is 2.67. The fourth-order valence-electron chi connectivity index (χ4n) is 1.77. The summed E-state index contributed by atoms with van der Waals surface area (Å²) in [7, 11) is 1.25. The predicted molar refractivity (Wildman–Crippen MR) is 78.4 cm³/mol. The summed E-state index contributed by atoms with van der Waals surface area (Å²) in [6, 6.07) is 7.15. The normalized spacial score (nSPS) is 10.2. The molecule has 0 unspecified atom stereocenters. The summed E-state index contributed by atoms with van der Waals surface area (Å²) in [5.41, 5.74) is 0.264. The zero-order valence-electron chi connectivity index (χ0n) is 11.5. The zero-order valence-corrected chi connectivity index (χ0v) is 12.3. The topological polar surface area (TPSA) is 81.7 Å². The molecule has 110 valence electrons. The highest BCUT2D eigenvalue weighted by Crippen LogP contribution is 2.36. The Bertz CT molecular complexity index is 706. The molecule has 0 bridgehead atoms. The maximum Gasteiger partial charge on any atom is 0.397 e. The second-order valence-corrected chi connectivity index (χ2v) is 5.02. The molecular weight excluding hydrogens is 294 g/mol. The van der Waals surface area contributed by atoms with Gasteiger partial charge in [-0.25, -0.2) is 9.59 Å². The van der Waals surface area contributed by atoms with E-state index in [9.17, 15) is 14.4 Å². The van der Waals surface area contributed by atoms with E-state index in [1.807, 2.05) is 12.1 Å². The van der Waals surface area contributed by atoms with Crippen molar-refractivity contribution in [3.05, 3.63) is 29.1 Å². The highest BCUT2D eigenvalue weighted by Gasteiger charge is 2.23. The molecule has 0 atom stereocenters. The Morgan fingerprint density at radius 2 is 1.95 bits per heavy atom. The fraction of sp³-hybridized carbons (Fsp3) is 0.214. The van der Waals surface area contributed by atoms with Gasteiger partial charge in [-0.2, -0.15) is 0 Å². The number of ether oxygens (including phenoxy) is 2. The smallest absolute Gasteiger partial charge is 0.397 e. The van der Waals surface area contributed by atoms with E-state index in [-0.39, 0.29) is 17.2 Å². The van der Waals surface area contributed by atoms with Gasteiger partial charge in [0, 0.05) is 10.1 Å². The number of benzene rings is 1. The lowest BCUT2D eigenvalue weighted by atomic mass is 10.2. The van der Waals surface area contributed by atoms with Gasteiger partial charge in [-0.05, 0) is 13.0 Å². The molecule has 0 radical (unpaired) electrons. The summed E-state index contributed by atoms with van der Waals surface area (Å²) in [5.74, 6) is -2.50. The molecular formula is C14H13NO5S. The molecule has 21 heavy (non-hydrogen) atoms. The van der Waals surface area contributed by atoms with Crippen molar-refractivity contribution < 1.29 is 23.9 Å². The van der Waals surface area contributed by atoms with Crippen molar-refractivity contribution in [1.29, 1.82) is 0 Å². The van der Waals surface area contributed by atoms with Crippen molar-refractivity contribution >= 4 is 45.0 Å². The van der Waals surface area contributed by atoms with Crippen LogP contribution in [0.25, 0.3) is 10.1 Å². The summed E-state index contributed by atoms with van der Waals surface area (Å²) in [6.07, 6.45) is 0. The lowest BCUT2D eigenvalue weighted by Crippen LogP contribution is -2.25. The first-order valence-corrected chi connectivity index (χ1v) is 6.98. The van der Waals surface area contributed by atoms with Crippen LogP contribution in [0.1, 0.15) is 16.6 Å². The van der Waals surface area contributed by atoms with Gasteiger partial charge in [0.05, 0.1) is 19.4 Å². The van der Waals surface area contributed by atoms with Crippen LogP contribution in [0.3, 0.4) is 0 Å². The third-order valence-corrected chi connectivity index (χ3v) is 3.82. The molecule has 1 N–H and O–H groups in total. The molecule has 6 nitrogen and oxygen atoms in total. The van der Waals surface area contributed by atoms with Gasteiger partial charge in [0.15, 0.2) is 0 Å². The Morgan fingerprint density at radius 3 is 2.62 bits per heavy atom. The minimum Gasteiger partial charge on any atom is -0.465 e. The van der Waals surface area contributed by atoms with Crippen LogP contribution in [0.4, 0.5) is 5.69 Å². The van der Waals surface area contributed by atoms with Crippen molar-refractivity contribution in [3.63, 3.8) is 0 Å². The molecule has 0 aliphatic heterocycles. The van der Waals surface area contributed by atoms with Gasteiger partial charge >= 0.3 is 17.8 Å². The van der Waals surface area contributed by atoms with Gasteiger partial charge in [-0.15, -0.1) is 11.3 Å². The molecule has 0 aliphatic rings. The monoisotopic (exact) mass is 307 g/mol. The summed E-state index contributed by atoms with van der Waals surface area (Å²) in [5, 5.41) is 3.10. The zero-order chi connectivity index (χ0) is 15.4. The number of rotatable bonds is 3. The second kappa shape index (κ2) is 6.36. The first kappa shape index (κ1) is 15.0. The van der Waals surface area contributed by atoms with Crippen molar-refractivity contribution in [2.75, 3.05) is 19.0 Å². The van der Waals surface area contributed by atoms with Crippen molar-refractivity contribution in [3.8, 4) is 0 Å². The number of carbonyl (C=O) groups excluding carboxylic acids is 3. The third kappa shape index (κ3) is 3.03. The van der Waals surface area contributed by atoms with Crippen LogP contribution in [0.15, 0.2) is 24.3 Å². The molecule has 0 fully saturated rings. The minimum absolute atomic E-state index is 0.0977. The number of thiophene rings is 1. The maximum atomic E-state index is 11.8. The molecule has 1 amide bonds. The lowest BCUT2D eigenvalue weighted by molar-refractivity contribution is -0.152. The van der Waals surface area contributed by atoms with Gasteiger partial charge < -0.3 is 14.8 Å². The van der Waals surface area contributed by atoms with E-state index < -0.39 is 17.8 Å². The van der Waals surface area contributed by atoms with Gasteiger partial charge in [0.25, 0.3) is 0 Å². The number of carbonyl (C=O) groups is 3. The van der Waals surface area contributed by atoms with Crippen LogP contribution in [0, 0.1) is 0 Å². The second-order valence-electron chi connectivity index (χ2n) is 3.97. The molecule has 1 aromatic carbocycles. The summed E-state index contributed by atoms with van der Waals surface area (Å²) >= 11 is 1.18. The number of nitrogens with one attached hydrogen (secondary N) is 1. The first-order valence-electron chi connectivity index (χ1n) is 6.16. The average molecular weight is 307 g/mol. The van der Waals surface area contributed by atoms with E-state index in [1.165, 1.54) is 18.4 Å². The number of hydrogen-bond donors (Lipinski definition) is 1. The fourth-order valence-corrected chi connectivity index (χ4v) is 2.84. The number of anilines is 1. The maximum absolute atomic E-state index is 11.8. The molecule has 0 spiro atoms. The lowest BCUT2D eigenvalue weighted by Gasteiger charge is -2.06. The number of hydrogen-bond acceptors (Lipinski definition) is 6. The van der Waals surface area contributed by atoms with Gasteiger partial charge in [-0.1, -0.05) is 18.2 Å². The van der Waals surface area contributed by atoms with Gasteiger partial charge in [0.1, 0.15) is 4.88 Å². The standard InChI is InChI=1S/C14H13NO5S/c1-3-20-14(18)12(16)15-10-8-6-4-5-7-9(8)21-11(10)13(17)19-2/h4-7H,3H2,1-2H3,(H,15,16). The molecule has 0 saturated heterocycles. The molecule has 2 aromatic rings. The Balaban J connectivity index is 2.43. The van der Waals surface area contributed by atoms with Crippen LogP contribution < -0.4 is 5.32 Å². The van der Waals surface area contributed by atoms with Crippen LogP contribution >= 0.6 is 11.3 Å². The molecule has 7 heteroatoms.